The van der Waals surface area contributed by atoms with E-state index in [-0.39, 0.29) is 6.09 Å². The number of amides is 1. The van der Waals surface area contributed by atoms with Crippen LogP contribution >= 0.6 is 15.9 Å². The fraction of sp³-hybridized carbons (Fsp3) is 0.600. The maximum absolute atomic E-state index is 12.0. The van der Waals surface area contributed by atoms with Gasteiger partial charge >= 0.3 is 6.09 Å². The minimum absolute atomic E-state index is 0.233. The highest BCUT2D eigenvalue weighted by Crippen LogP contribution is 2.25. The molecule has 2 heterocycles. The normalized spacial score (nSPS) is 16.0. The van der Waals surface area contributed by atoms with Crippen molar-refractivity contribution < 1.29 is 9.53 Å². The van der Waals surface area contributed by atoms with Crippen molar-refractivity contribution in [1.82, 2.24) is 9.88 Å². The highest BCUT2D eigenvalue weighted by Gasteiger charge is 2.26. The Morgan fingerprint density at radius 3 is 2.38 bits per heavy atom. The number of halogens is 1. The first-order chi connectivity index (χ1) is 9.76. The molecular formula is C15H22BrN3O2. The van der Waals surface area contributed by atoms with Crippen molar-refractivity contribution >= 4 is 27.7 Å². The van der Waals surface area contributed by atoms with Gasteiger partial charge in [0.25, 0.3) is 0 Å². The summed E-state index contributed by atoms with van der Waals surface area (Å²) in [7, 11) is 0. The van der Waals surface area contributed by atoms with Crippen LogP contribution in [-0.2, 0) is 4.74 Å². The Morgan fingerprint density at radius 2 is 1.86 bits per heavy atom. The molecule has 0 N–H and O–H groups in total. The highest BCUT2D eigenvalue weighted by atomic mass is 79.9. The molecule has 1 aliphatic rings. The molecule has 0 aromatic carbocycles. The molecule has 2 rings (SSSR count). The molecule has 116 valence electrons. The Kier molecular flexibility index (Phi) is 4.76. The van der Waals surface area contributed by atoms with Gasteiger partial charge in [0, 0.05) is 31.9 Å². The van der Waals surface area contributed by atoms with Crippen molar-refractivity contribution in [1.29, 1.82) is 0 Å². The lowest BCUT2D eigenvalue weighted by Crippen LogP contribution is -2.50. The smallest absolute Gasteiger partial charge is 0.410 e. The first-order valence-corrected chi connectivity index (χ1v) is 7.91. The number of carbonyl (C=O) groups is 1. The number of aromatic nitrogens is 1. The van der Waals surface area contributed by atoms with Gasteiger partial charge in [-0.3, -0.25) is 0 Å². The van der Waals surface area contributed by atoms with Gasteiger partial charge in [-0.25, -0.2) is 9.78 Å². The fourth-order valence-corrected chi connectivity index (χ4v) is 2.87. The summed E-state index contributed by atoms with van der Waals surface area (Å²) in [5.41, 5.74) is 1.61. The summed E-state index contributed by atoms with van der Waals surface area (Å²) in [6.07, 6.45) is -0.233. The summed E-state index contributed by atoms with van der Waals surface area (Å²) >= 11 is 3.51. The lowest BCUT2D eigenvalue weighted by atomic mass is 10.2. The Morgan fingerprint density at radius 1 is 1.24 bits per heavy atom. The molecule has 0 saturated carbocycles. The number of piperazine rings is 1. The third-order valence-corrected chi connectivity index (χ3v) is 3.82. The Bertz CT molecular complexity index is 520. The van der Waals surface area contributed by atoms with Crippen molar-refractivity contribution in [3.63, 3.8) is 0 Å². The van der Waals surface area contributed by atoms with E-state index in [1.54, 1.807) is 4.90 Å². The predicted octanol–water partition coefficient (Wildman–Crippen LogP) is 3.21. The SMILES string of the molecule is Cc1ccc(N2CCN(C(=O)OC(C)(C)C)CC2)c(Br)n1. The van der Waals surface area contributed by atoms with Gasteiger partial charge < -0.3 is 14.5 Å². The van der Waals surface area contributed by atoms with Crippen LogP contribution in [0.25, 0.3) is 0 Å². The maximum Gasteiger partial charge on any atom is 0.410 e. The van der Waals surface area contributed by atoms with Gasteiger partial charge in [0.2, 0.25) is 0 Å². The van der Waals surface area contributed by atoms with E-state index in [0.717, 1.165) is 29.1 Å². The van der Waals surface area contributed by atoms with E-state index in [0.29, 0.717) is 13.1 Å². The molecular weight excluding hydrogens is 334 g/mol. The number of rotatable bonds is 1. The van der Waals surface area contributed by atoms with Gasteiger partial charge in [0.1, 0.15) is 10.2 Å². The lowest BCUT2D eigenvalue weighted by molar-refractivity contribution is 0.0240. The minimum atomic E-state index is -0.446. The molecule has 0 bridgehead atoms. The van der Waals surface area contributed by atoms with E-state index >= 15 is 0 Å². The fourth-order valence-electron chi connectivity index (χ4n) is 2.21. The number of hydrogen-bond acceptors (Lipinski definition) is 4. The van der Waals surface area contributed by atoms with Gasteiger partial charge in [-0.05, 0) is 55.8 Å². The topological polar surface area (TPSA) is 45.7 Å². The molecule has 1 amide bonds. The van der Waals surface area contributed by atoms with E-state index in [2.05, 4.69) is 31.9 Å². The second-order valence-electron chi connectivity index (χ2n) is 6.22. The zero-order valence-electron chi connectivity index (χ0n) is 13.0. The number of nitrogens with zero attached hydrogens (tertiary/aromatic N) is 3. The molecule has 0 unspecified atom stereocenters. The zero-order chi connectivity index (χ0) is 15.6. The molecule has 0 aliphatic carbocycles. The van der Waals surface area contributed by atoms with Gasteiger partial charge in [-0.1, -0.05) is 0 Å². The van der Waals surface area contributed by atoms with Crippen molar-refractivity contribution in [2.24, 2.45) is 0 Å². The third-order valence-electron chi connectivity index (χ3n) is 3.24. The van der Waals surface area contributed by atoms with Crippen LogP contribution in [0.4, 0.5) is 10.5 Å². The summed E-state index contributed by atoms with van der Waals surface area (Å²) in [5, 5.41) is 0. The maximum atomic E-state index is 12.0. The van der Waals surface area contributed by atoms with Gasteiger partial charge in [0.05, 0.1) is 5.69 Å². The largest absolute Gasteiger partial charge is 0.444 e. The molecule has 1 fully saturated rings. The molecule has 0 radical (unpaired) electrons. The van der Waals surface area contributed by atoms with Crippen LogP contribution in [0.3, 0.4) is 0 Å². The molecule has 1 aromatic rings. The summed E-state index contributed by atoms with van der Waals surface area (Å²) in [6, 6.07) is 4.07. The van der Waals surface area contributed by atoms with Gasteiger partial charge in [0.15, 0.2) is 0 Å². The van der Waals surface area contributed by atoms with Crippen molar-refractivity contribution in [2.45, 2.75) is 33.3 Å². The second-order valence-corrected chi connectivity index (χ2v) is 6.97. The van der Waals surface area contributed by atoms with Crippen LogP contribution in [-0.4, -0.2) is 47.8 Å². The molecule has 6 heteroatoms. The van der Waals surface area contributed by atoms with Crippen LogP contribution < -0.4 is 4.90 Å². The van der Waals surface area contributed by atoms with Crippen molar-refractivity contribution in [2.75, 3.05) is 31.1 Å². The number of carbonyl (C=O) groups excluding carboxylic acids is 1. The molecule has 1 aromatic heterocycles. The summed E-state index contributed by atoms with van der Waals surface area (Å²) in [4.78, 5) is 20.4. The lowest BCUT2D eigenvalue weighted by Gasteiger charge is -2.36. The second kappa shape index (κ2) is 6.22. The van der Waals surface area contributed by atoms with Crippen LogP contribution in [0.5, 0.6) is 0 Å². The summed E-state index contributed by atoms with van der Waals surface area (Å²) in [5.74, 6) is 0. The predicted molar refractivity (Wildman–Crippen MR) is 86.7 cm³/mol. The Labute approximate surface area is 134 Å². The number of pyridine rings is 1. The first-order valence-electron chi connectivity index (χ1n) is 7.12. The quantitative estimate of drug-likeness (QED) is 0.725. The molecule has 21 heavy (non-hydrogen) atoms. The van der Waals surface area contributed by atoms with Crippen molar-refractivity contribution in [3.8, 4) is 0 Å². The van der Waals surface area contributed by atoms with E-state index in [9.17, 15) is 4.79 Å². The van der Waals surface area contributed by atoms with Crippen LogP contribution in [0.1, 0.15) is 26.5 Å². The van der Waals surface area contributed by atoms with Crippen LogP contribution in [0.2, 0.25) is 0 Å². The zero-order valence-corrected chi connectivity index (χ0v) is 14.6. The average Bonchev–Trinajstić information content (AvgIpc) is 2.37. The number of hydrogen-bond donors (Lipinski definition) is 0. The highest BCUT2D eigenvalue weighted by molar-refractivity contribution is 9.10. The van der Waals surface area contributed by atoms with E-state index in [1.165, 1.54) is 0 Å². The average molecular weight is 356 g/mol. The first kappa shape index (κ1) is 16.1. The standard InChI is InChI=1S/C15H22BrN3O2/c1-11-5-6-12(13(16)17-11)18-7-9-19(10-8-18)14(20)21-15(2,3)4/h5-6H,7-10H2,1-4H3. The van der Waals surface area contributed by atoms with E-state index in [4.69, 9.17) is 4.74 Å². The Balaban J connectivity index is 1.95. The number of aryl methyl sites for hydroxylation is 1. The number of ether oxygens (including phenoxy) is 1. The Hall–Kier alpha value is -1.30. The third kappa shape index (κ3) is 4.33. The molecule has 5 nitrogen and oxygen atoms in total. The molecule has 1 saturated heterocycles. The number of anilines is 1. The minimum Gasteiger partial charge on any atom is -0.444 e. The van der Waals surface area contributed by atoms with Crippen molar-refractivity contribution in [3.05, 3.63) is 22.4 Å². The van der Waals surface area contributed by atoms with Gasteiger partial charge in [-0.2, -0.15) is 0 Å². The van der Waals surface area contributed by atoms with Gasteiger partial charge in [-0.15, -0.1) is 0 Å². The van der Waals surface area contributed by atoms with Crippen LogP contribution in [0.15, 0.2) is 16.7 Å². The summed E-state index contributed by atoms with van der Waals surface area (Å²) < 4.78 is 6.26. The van der Waals surface area contributed by atoms with E-state index in [1.807, 2.05) is 33.8 Å². The van der Waals surface area contributed by atoms with E-state index < -0.39 is 5.60 Å². The molecule has 0 spiro atoms. The van der Waals surface area contributed by atoms with Crippen LogP contribution in [0, 0.1) is 6.92 Å². The molecule has 0 atom stereocenters. The molecule has 1 aliphatic heterocycles. The summed E-state index contributed by atoms with van der Waals surface area (Å²) in [6.45, 7) is 10.5. The monoisotopic (exact) mass is 355 g/mol.